The highest BCUT2D eigenvalue weighted by Crippen LogP contribution is 2.31. The molecule has 0 spiro atoms. The number of amides is 1. The van der Waals surface area contributed by atoms with Crippen molar-refractivity contribution in [1.29, 1.82) is 0 Å². The van der Waals surface area contributed by atoms with E-state index in [9.17, 15) is 4.79 Å². The molecule has 1 amide bonds. The first-order valence-electron chi connectivity index (χ1n) is 9.49. The zero-order valence-corrected chi connectivity index (χ0v) is 16.9. The van der Waals surface area contributed by atoms with Crippen LogP contribution >= 0.6 is 11.8 Å². The number of carbonyl (C=O) groups excluding carboxylic acids is 1. The van der Waals surface area contributed by atoms with Gasteiger partial charge >= 0.3 is 0 Å². The third-order valence-electron chi connectivity index (χ3n) is 4.60. The molecule has 0 N–H and O–H groups in total. The molecule has 0 saturated carbocycles. The van der Waals surface area contributed by atoms with Crippen molar-refractivity contribution in [1.82, 2.24) is 19.7 Å². The van der Waals surface area contributed by atoms with E-state index in [1.165, 1.54) is 11.8 Å². The molecule has 29 heavy (non-hydrogen) atoms. The number of hydrogen-bond donors (Lipinski definition) is 0. The van der Waals surface area contributed by atoms with E-state index in [-0.39, 0.29) is 17.8 Å². The van der Waals surface area contributed by atoms with Gasteiger partial charge in [0.15, 0.2) is 22.8 Å². The molecule has 1 aliphatic rings. The SMILES string of the molecule is CCN(CC1COc2ccccc2O1)C(=O)CSc1nncn1-c1ccccc1. The summed E-state index contributed by atoms with van der Waals surface area (Å²) >= 11 is 1.38. The second kappa shape index (κ2) is 9.00. The first-order valence-corrected chi connectivity index (χ1v) is 10.5. The molecule has 7 nitrogen and oxygen atoms in total. The maximum absolute atomic E-state index is 12.8. The molecule has 1 atom stereocenters. The van der Waals surface area contributed by atoms with Crippen LogP contribution in [0.15, 0.2) is 66.1 Å². The van der Waals surface area contributed by atoms with E-state index in [0.717, 1.165) is 17.2 Å². The summed E-state index contributed by atoms with van der Waals surface area (Å²) in [6.45, 7) is 3.48. The molecule has 1 aliphatic heterocycles. The van der Waals surface area contributed by atoms with E-state index in [2.05, 4.69) is 10.2 Å². The molecule has 1 unspecified atom stereocenters. The summed E-state index contributed by atoms with van der Waals surface area (Å²) in [7, 11) is 0. The zero-order valence-electron chi connectivity index (χ0n) is 16.1. The average molecular weight is 410 g/mol. The quantitative estimate of drug-likeness (QED) is 0.558. The minimum atomic E-state index is -0.188. The number of thioether (sulfide) groups is 1. The monoisotopic (exact) mass is 410 g/mol. The molecule has 8 heteroatoms. The van der Waals surface area contributed by atoms with Crippen molar-refractivity contribution in [3.05, 3.63) is 60.9 Å². The Bertz CT molecular complexity index is 963. The number of aromatic nitrogens is 3. The van der Waals surface area contributed by atoms with Crippen LogP contribution in [0.3, 0.4) is 0 Å². The minimum Gasteiger partial charge on any atom is -0.486 e. The molecule has 0 bridgehead atoms. The van der Waals surface area contributed by atoms with Gasteiger partial charge in [-0.15, -0.1) is 10.2 Å². The first-order chi connectivity index (χ1) is 14.2. The van der Waals surface area contributed by atoms with E-state index in [4.69, 9.17) is 9.47 Å². The molecule has 0 fully saturated rings. The Morgan fingerprint density at radius 1 is 1.17 bits per heavy atom. The molecule has 3 aromatic rings. The van der Waals surface area contributed by atoms with E-state index < -0.39 is 0 Å². The lowest BCUT2D eigenvalue weighted by atomic mass is 10.2. The lowest BCUT2D eigenvalue weighted by Crippen LogP contribution is -2.44. The number of rotatable bonds is 7. The number of carbonyl (C=O) groups is 1. The van der Waals surface area contributed by atoms with Crippen LogP contribution in [0.4, 0.5) is 0 Å². The number of fused-ring (bicyclic) bond motifs is 1. The standard InChI is InChI=1S/C21H22N4O3S/c1-2-24(12-17-13-27-18-10-6-7-11-19(18)28-17)20(26)14-29-21-23-22-15-25(21)16-8-4-3-5-9-16/h3-11,15,17H,2,12-14H2,1H3. The molecule has 4 rings (SSSR count). The van der Waals surface area contributed by atoms with Gasteiger partial charge in [-0.3, -0.25) is 9.36 Å². The normalized spacial score (nSPS) is 15.1. The third kappa shape index (κ3) is 4.54. The number of ether oxygens (including phenoxy) is 2. The number of likely N-dealkylation sites (N-methyl/N-ethyl adjacent to an activating group) is 1. The summed E-state index contributed by atoms with van der Waals surface area (Å²) in [4.78, 5) is 14.6. The summed E-state index contributed by atoms with van der Waals surface area (Å²) in [5, 5.41) is 8.82. The van der Waals surface area contributed by atoms with Crippen molar-refractivity contribution in [2.45, 2.75) is 18.2 Å². The van der Waals surface area contributed by atoms with Crippen LogP contribution in [0.25, 0.3) is 5.69 Å². The van der Waals surface area contributed by atoms with Crippen LogP contribution in [0.1, 0.15) is 6.92 Å². The molecule has 2 heterocycles. The summed E-state index contributed by atoms with van der Waals surface area (Å²) in [5.74, 6) is 1.78. The molecule has 150 valence electrons. The topological polar surface area (TPSA) is 69.5 Å². The molecule has 1 aromatic heterocycles. The number of para-hydroxylation sites is 3. The second-order valence-electron chi connectivity index (χ2n) is 6.54. The van der Waals surface area contributed by atoms with Crippen molar-refractivity contribution >= 4 is 17.7 Å². The summed E-state index contributed by atoms with van der Waals surface area (Å²) in [5.41, 5.74) is 0.964. The minimum absolute atomic E-state index is 0.0302. The molecular formula is C21H22N4O3S. The van der Waals surface area contributed by atoms with Crippen LogP contribution in [-0.2, 0) is 4.79 Å². The van der Waals surface area contributed by atoms with Crippen LogP contribution < -0.4 is 9.47 Å². The van der Waals surface area contributed by atoms with Gasteiger partial charge in [-0.2, -0.15) is 0 Å². The second-order valence-corrected chi connectivity index (χ2v) is 7.48. The Morgan fingerprint density at radius 3 is 2.72 bits per heavy atom. The fraction of sp³-hybridized carbons (Fsp3) is 0.286. The van der Waals surface area contributed by atoms with Crippen LogP contribution in [0, 0.1) is 0 Å². The van der Waals surface area contributed by atoms with Crippen molar-refractivity contribution in [2.75, 3.05) is 25.4 Å². The molecule has 0 radical (unpaired) electrons. The third-order valence-corrected chi connectivity index (χ3v) is 5.53. The Morgan fingerprint density at radius 2 is 1.93 bits per heavy atom. The van der Waals surface area contributed by atoms with Gasteiger partial charge < -0.3 is 14.4 Å². The number of nitrogens with zero attached hydrogens (tertiary/aromatic N) is 4. The average Bonchev–Trinajstić information content (AvgIpc) is 3.25. The number of hydrogen-bond acceptors (Lipinski definition) is 6. The van der Waals surface area contributed by atoms with Gasteiger partial charge in [-0.05, 0) is 31.2 Å². The molecule has 0 saturated heterocycles. The molecule has 2 aromatic carbocycles. The van der Waals surface area contributed by atoms with E-state index in [1.54, 1.807) is 11.2 Å². The summed E-state index contributed by atoms with van der Waals surface area (Å²) < 4.78 is 13.6. The lowest BCUT2D eigenvalue weighted by Gasteiger charge is -2.30. The predicted octanol–water partition coefficient (Wildman–Crippen LogP) is 3.05. The molecule has 0 aliphatic carbocycles. The Labute approximate surface area is 173 Å². The van der Waals surface area contributed by atoms with Crippen molar-refractivity contribution in [3.63, 3.8) is 0 Å². The van der Waals surface area contributed by atoms with E-state index >= 15 is 0 Å². The number of benzene rings is 2. The maximum Gasteiger partial charge on any atom is 0.233 e. The van der Waals surface area contributed by atoms with Gasteiger partial charge in [0, 0.05) is 12.2 Å². The highest BCUT2D eigenvalue weighted by Gasteiger charge is 2.25. The fourth-order valence-corrected chi connectivity index (χ4v) is 3.94. The summed E-state index contributed by atoms with van der Waals surface area (Å²) in [6.07, 6.45) is 1.47. The van der Waals surface area contributed by atoms with Crippen LogP contribution in [-0.4, -0.2) is 57.1 Å². The Balaban J connectivity index is 1.35. The smallest absolute Gasteiger partial charge is 0.233 e. The van der Waals surface area contributed by atoms with Gasteiger partial charge in [-0.25, -0.2) is 0 Å². The van der Waals surface area contributed by atoms with Crippen molar-refractivity contribution in [3.8, 4) is 17.2 Å². The van der Waals surface area contributed by atoms with Gasteiger partial charge in [0.1, 0.15) is 12.9 Å². The summed E-state index contributed by atoms with van der Waals surface area (Å²) in [6, 6.07) is 17.4. The van der Waals surface area contributed by atoms with E-state index in [0.29, 0.717) is 24.9 Å². The van der Waals surface area contributed by atoms with Crippen LogP contribution in [0.2, 0.25) is 0 Å². The van der Waals surface area contributed by atoms with Crippen molar-refractivity contribution in [2.24, 2.45) is 0 Å². The highest BCUT2D eigenvalue weighted by atomic mass is 32.2. The molecular weight excluding hydrogens is 388 g/mol. The van der Waals surface area contributed by atoms with E-state index in [1.807, 2.05) is 66.1 Å². The van der Waals surface area contributed by atoms with Gasteiger partial charge in [0.2, 0.25) is 5.91 Å². The van der Waals surface area contributed by atoms with Gasteiger partial charge in [-0.1, -0.05) is 42.1 Å². The predicted molar refractivity (Wildman–Crippen MR) is 111 cm³/mol. The van der Waals surface area contributed by atoms with Crippen LogP contribution in [0.5, 0.6) is 11.5 Å². The Kier molecular flexibility index (Phi) is 6.00. The zero-order chi connectivity index (χ0) is 20.1. The largest absolute Gasteiger partial charge is 0.486 e. The van der Waals surface area contributed by atoms with Gasteiger partial charge in [0.05, 0.1) is 12.3 Å². The highest BCUT2D eigenvalue weighted by molar-refractivity contribution is 7.99. The Hall–Kier alpha value is -3.00. The maximum atomic E-state index is 12.8. The fourth-order valence-electron chi connectivity index (χ4n) is 3.11. The van der Waals surface area contributed by atoms with Gasteiger partial charge in [0.25, 0.3) is 0 Å². The lowest BCUT2D eigenvalue weighted by molar-refractivity contribution is -0.129. The van der Waals surface area contributed by atoms with Crippen molar-refractivity contribution < 1.29 is 14.3 Å². The first kappa shape index (κ1) is 19.3.